The van der Waals surface area contributed by atoms with Gasteiger partial charge < -0.3 is 14.4 Å². The van der Waals surface area contributed by atoms with Crippen LogP contribution in [-0.4, -0.2) is 50.8 Å². The van der Waals surface area contributed by atoms with Crippen molar-refractivity contribution >= 4 is 15.9 Å². The Balaban J connectivity index is 2.13. The molecule has 0 radical (unpaired) electrons. The van der Waals surface area contributed by atoms with Gasteiger partial charge in [-0.15, -0.1) is 0 Å². The summed E-state index contributed by atoms with van der Waals surface area (Å²) in [6.07, 6.45) is -0.359. The van der Waals surface area contributed by atoms with E-state index in [1.807, 2.05) is 0 Å². The lowest BCUT2D eigenvalue weighted by atomic mass is 10.1. The number of ether oxygens (including phenoxy) is 2. The molecule has 1 aliphatic heterocycles. The number of carbonyl (C=O) groups excluding carboxylic acids is 1. The molecular weight excluding hydrogens is 342 g/mol. The van der Waals surface area contributed by atoms with Gasteiger partial charge in [0.1, 0.15) is 5.60 Å². The minimum Gasteiger partial charge on any atom is -0.444 e. The first-order chi connectivity index (χ1) is 11.6. The van der Waals surface area contributed by atoms with Crippen LogP contribution in [-0.2, 0) is 19.3 Å². The molecule has 0 saturated carbocycles. The van der Waals surface area contributed by atoms with Crippen LogP contribution in [0.2, 0.25) is 0 Å². The Morgan fingerprint density at radius 3 is 2.56 bits per heavy atom. The minimum atomic E-state index is -3.65. The van der Waals surface area contributed by atoms with Crippen molar-refractivity contribution in [2.75, 3.05) is 19.8 Å². The summed E-state index contributed by atoms with van der Waals surface area (Å²) in [4.78, 5) is 14.2. The largest absolute Gasteiger partial charge is 0.444 e. The summed E-state index contributed by atoms with van der Waals surface area (Å²) in [6.45, 7) is 10.1. The molecule has 1 unspecified atom stereocenters. The van der Waals surface area contributed by atoms with Gasteiger partial charge in [-0.3, -0.25) is 0 Å². The van der Waals surface area contributed by atoms with Crippen LogP contribution in [0.25, 0.3) is 0 Å². The van der Waals surface area contributed by atoms with Gasteiger partial charge in [0.15, 0.2) is 0 Å². The van der Waals surface area contributed by atoms with Crippen LogP contribution in [0, 0.1) is 0 Å². The quantitative estimate of drug-likeness (QED) is 0.818. The van der Waals surface area contributed by atoms with Gasteiger partial charge in [0.05, 0.1) is 24.2 Å². The second-order valence-corrected chi connectivity index (χ2v) is 9.02. The van der Waals surface area contributed by atoms with Gasteiger partial charge in [-0.1, -0.05) is 24.8 Å². The minimum absolute atomic E-state index is 0.0581. The summed E-state index contributed by atoms with van der Waals surface area (Å²) < 4.78 is 36.1. The first-order valence-electron chi connectivity index (χ1n) is 8.16. The lowest BCUT2D eigenvalue weighted by molar-refractivity contribution is -0.0316. The molecule has 1 heterocycles. The van der Waals surface area contributed by atoms with Crippen LogP contribution in [0.15, 0.2) is 46.7 Å². The van der Waals surface area contributed by atoms with Crippen LogP contribution >= 0.6 is 0 Å². The van der Waals surface area contributed by atoms with E-state index in [1.54, 1.807) is 39.0 Å². The highest BCUT2D eigenvalue weighted by molar-refractivity contribution is 7.95. The van der Waals surface area contributed by atoms with Gasteiger partial charge in [-0.2, -0.15) is 0 Å². The van der Waals surface area contributed by atoms with Crippen molar-refractivity contribution < 1.29 is 22.7 Å². The van der Waals surface area contributed by atoms with Gasteiger partial charge in [0.25, 0.3) is 0 Å². The smallest absolute Gasteiger partial charge is 0.410 e. The lowest BCUT2D eigenvalue weighted by Crippen LogP contribution is -2.50. The molecule has 0 aromatic heterocycles. The first-order valence-corrected chi connectivity index (χ1v) is 9.65. The van der Waals surface area contributed by atoms with Crippen molar-refractivity contribution in [3.63, 3.8) is 0 Å². The zero-order chi connectivity index (χ0) is 18.7. The second kappa shape index (κ2) is 7.58. The Hall–Kier alpha value is -1.86. The molecule has 1 saturated heterocycles. The number of hydrogen-bond acceptors (Lipinski definition) is 5. The maximum atomic E-state index is 12.6. The molecule has 7 heteroatoms. The van der Waals surface area contributed by atoms with Crippen LogP contribution in [0.1, 0.15) is 27.2 Å². The monoisotopic (exact) mass is 367 g/mol. The number of carbonyl (C=O) groups is 1. The molecule has 0 aliphatic carbocycles. The molecule has 1 aromatic carbocycles. The summed E-state index contributed by atoms with van der Waals surface area (Å²) in [5.74, 6) is 0. The van der Waals surface area contributed by atoms with E-state index < -0.39 is 27.6 Å². The van der Waals surface area contributed by atoms with Crippen LogP contribution in [0.5, 0.6) is 0 Å². The number of morpholine rings is 1. The molecule has 0 N–H and O–H groups in total. The normalized spacial score (nSPS) is 18.7. The van der Waals surface area contributed by atoms with Gasteiger partial charge in [0.2, 0.25) is 9.84 Å². The Bertz CT molecular complexity index is 722. The van der Waals surface area contributed by atoms with Crippen molar-refractivity contribution in [1.82, 2.24) is 4.90 Å². The summed E-state index contributed by atoms with van der Waals surface area (Å²) in [5, 5.41) is 0. The molecular formula is C18H25NO5S. The van der Waals surface area contributed by atoms with Crippen molar-refractivity contribution in [2.45, 2.75) is 43.7 Å². The highest BCUT2D eigenvalue weighted by Crippen LogP contribution is 2.25. The Morgan fingerprint density at radius 1 is 1.32 bits per heavy atom. The molecule has 6 nitrogen and oxygen atoms in total. The summed E-state index contributed by atoms with van der Waals surface area (Å²) in [7, 11) is -3.65. The highest BCUT2D eigenvalue weighted by Gasteiger charge is 2.33. The van der Waals surface area contributed by atoms with E-state index in [-0.39, 0.29) is 22.8 Å². The Kier molecular flexibility index (Phi) is 5.90. The fourth-order valence-electron chi connectivity index (χ4n) is 2.52. The molecule has 1 aromatic rings. The first kappa shape index (κ1) is 19.5. The van der Waals surface area contributed by atoms with E-state index >= 15 is 0 Å². The molecule has 1 aliphatic rings. The van der Waals surface area contributed by atoms with Crippen molar-refractivity contribution in [3.05, 3.63) is 41.8 Å². The third-order valence-electron chi connectivity index (χ3n) is 3.75. The molecule has 1 fully saturated rings. The molecule has 2 rings (SSSR count). The predicted molar refractivity (Wildman–Crippen MR) is 94.9 cm³/mol. The molecule has 1 atom stereocenters. The van der Waals surface area contributed by atoms with E-state index in [4.69, 9.17) is 9.47 Å². The van der Waals surface area contributed by atoms with Crippen molar-refractivity contribution in [1.29, 1.82) is 0 Å². The molecule has 0 spiro atoms. The number of amides is 1. The number of hydrogen-bond donors (Lipinski definition) is 0. The average molecular weight is 367 g/mol. The van der Waals surface area contributed by atoms with Crippen LogP contribution in [0.3, 0.4) is 0 Å². The molecule has 0 bridgehead atoms. The topological polar surface area (TPSA) is 72.9 Å². The van der Waals surface area contributed by atoms with E-state index in [0.717, 1.165) is 0 Å². The zero-order valence-corrected chi connectivity index (χ0v) is 15.7. The summed E-state index contributed by atoms with van der Waals surface area (Å²) >= 11 is 0. The van der Waals surface area contributed by atoms with Gasteiger partial charge >= 0.3 is 6.09 Å². The van der Waals surface area contributed by atoms with E-state index in [1.165, 1.54) is 17.0 Å². The predicted octanol–water partition coefficient (Wildman–Crippen LogP) is 3.00. The number of sulfone groups is 1. The van der Waals surface area contributed by atoms with Crippen LogP contribution < -0.4 is 0 Å². The molecule has 1 amide bonds. The second-order valence-electron chi connectivity index (χ2n) is 6.96. The molecule has 138 valence electrons. The number of benzene rings is 1. The van der Waals surface area contributed by atoms with E-state index in [2.05, 4.69) is 6.58 Å². The maximum absolute atomic E-state index is 12.6. The number of nitrogens with zero attached hydrogens (tertiary/aromatic N) is 1. The van der Waals surface area contributed by atoms with Gasteiger partial charge in [0, 0.05) is 17.9 Å². The molecule has 25 heavy (non-hydrogen) atoms. The van der Waals surface area contributed by atoms with Crippen molar-refractivity contribution in [3.8, 4) is 0 Å². The maximum Gasteiger partial charge on any atom is 0.410 e. The third-order valence-corrected chi connectivity index (χ3v) is 5.57. The lowest BCUT2D eigenvalue weighted by Gasteiger charge is -2.36. The SMILES string of the molecule is C=C(CC1COCCN1C(=O)OC(C)(C)C)S(=O)(=O)c1ccccc1. The van der Waals surface area contributed by atoms with E-state index in [0.29, 0.717) is 13.2 Å². The zero-order valence-electron chi connectivity index (χ0n) is 14.9. The highest BCUT2D eigenvalue weighted by atomic mass is 32.2. The fraction of sp³-hybridized carbons (Fsp3) is 0.500. The van der Waals surface area contributed by atoms with Gasteiger partial charge in [-0.05, 0) is 32.9 Å². The average Bonchev–Trinajstić information content (AvgIpc) is 2.54. The fourth-order valence-corrected chi connectivity index (χ4v) is 3.78. The Labute approximate surface area is 149 Å². The van der Waals surface area contributed by atoms with Gasteiger partial charge in [-0.25, -0.2) is 13.2 Å². The number of rotatable bonds is 4. The van der Waals surface area contributed by atoms with Crippen LogP contribution in [0.4, 0.5) is 4.79 Å². The third kappa shape index (κ3) is 5.06. The van der Waals surface area contributed by atoms with E-state index in [9.17, 15) is 13.2 Å². The standard InChI is InChI=1S/C18H25NO5S/c1-14(25(21,22)16-8-6-5-7-9-16)12-15-13-23-11-10-19(15)17(20)24-18(2,3)4/h5-9,15H,1,10-13H2,2-4H3. The summed E-state index contributed by atoms with van der Waals surface area (Å²) in [5.41, 5.74) is -0.618. The Morgan fingerprint density at radius 2 is 1.96 bits per heavy atom. The summed E-state index contributed by atoms with van der Waals surface area (Å²) in [6, 6.07) is 7.72. The van der Waals surface area contributed by atoms with Crippen molar-refractivity contribution in [2.24, 2.45) is 0 Å².